The molecule has 3 rings (SSSR count). The standard InChI is InChI=1S/C27H28ClNO7S/c1-3-35-27(31)26(29-25(30)20-7-4-8-23(18-20)34-2)36-22-13-9-19(10-14-22)6-5-17-37(32,33)24-15-11-21(28)12-16-24/h4,7-16,18,26H,3,5-6,17H2,1-2H3,(H,29,30). The monoisotopic (exact) mass is 545 g/mol. The Kier molecular flexibility index (Phi) is 9.93. The lowest BCUT2D eigenvalue weighted by Gasteiger charge is -2.19. The van der Waals surface area contributed by atoms with E-state index in [2.05, 4.69) is 5.32 Å². The van der Waals surface area contributed by atoms with Crippen molar-refractivity contribution in [2.24, 2.45) is 0 Å². The van der Waals surface area contributed by atoms with Crippen molar-refractivity contribution in [3.8, 4) is 11.5 Å². The molecule has 0 aromatic heterocycles. The summed E-state index contributed by atoms with van der Waals surface area (Å²) < 4.78 is 40.9. The Morgan fingerprint density at radius 1 is 0.973 bits per heavy atom. The molecule has 196 valence electrons. The molecule has 0 aliphatic rings. The highest BCUT2D eigenvalue weighted by Crippen LogP contribution is 2.19. The number of hydrogen-bond acceptors (Lipinski definition) is 7. The van der Waals surface area contributed by atoms with E-state index in [9.17, 15) is 18.0 Å². The maximum absolute atomic E-state index is 12.7. The van der Waals surface area contributed by atoms with E-state index in [4.69, 9.17) is 25.8 Å². The zero-order valence-electron chi connectivity index (χ0n) is 20.5. The van der Waals surface area contributed by atoms with Gasteiger partial charge in [-0.05, 0) is 79.9 Å². The summed E-state index contributed by atoms with van der Waals surface area (Å²) in [6.07, 6.45) is -0.414. The molecule has 3 aromatic carbocycles. The van der Waals surface area contributed by atoms with Crippen LogP contribution < -0.4 is 14.8 Å². The molecular weight excluding hydrogens is 518 g/mol. The van der Waals surface area contributed by atoms with Gasteiger partial charge in [-0.1, -0.05) is 29.8 Å². The van der Waals surface area contributed by atoms with Crippen molar-refractivity contribution in [1.82, 2.24) is 5.32 Å². The molecule has 1 atom stereocenters. The average Bonchev–Trinajstić information content (AvgIpc) is 2.89. The van der Waals surface area contributed by atoms with E-state index in [-0.39, 0.29) is 17.3 Å². The summed E-state index contributed by atoms with van der Waals surface area (Å²) >= 11 is 5.83. The fourth-order valence-electron chi connectivity index (χ4n) is 3.42. The second kappa shape index (κ2) is 13.1. The van der Waals surface area contributed by atoms with E-state index in [0.717, 1.165) is 5.56 Å². The van der Waals surface area contributed by atoms with Crippen molar-refractivity contribution in [3.63, 3.8) is 0 Å². The number of benzene rings is 3. The largest absolute Gasteiger partial charge is 0.497 e. The van der Waals surface area contributed by atoms with Crippen LogP contribution in [-0.2, 0) is 25.8 Å². The summed E-state index contributed by atoms with van der Waals surface area (Å²) in [7, 11) is -1.92. The number of hydrogen-bond donors (Lipinski definition) is 1. The minimum absolute atomic E-state index is 0.00583. The number of carbonyl (C=O) groups excluding carboxylic acids is 2. The third-order valence-corrected chi connectivity index (χ3v) is 7.39. The highest BCUT2D eigenvalue weighted by Gasteiger charge is 2.25. The first-order valence-corrected chi connectivity index (χ1v) is 13.6. The normalized spacial score (nSPS) is 11.9. The van der Waals surface area contributed by atoms with Crippen molar-refractivity contribution < 1.29 is 32.2 Å². The maximum atomic E-state index is 12.7. The molecule has 0 fully saturated rings. The SMILES string of the molecule is CCOC(=O)C(NC(=O)c1cccc(OC)c1)Oc1ccc(CCCS(=O)(=O)c2ccc(Cl)cc2)cc1. The van der Waals surface area contributed by atoms with Crippen molar-refractivity contribution >= 4 is 33.3 Å². The molecule has 1 amide bonds. The second-order valence-electron chi connectivity index (χ2n) is 7.98. The van der Waals surface area contributed by atoms with Gasteiger partial charge in [0.1, 0.15) is 11.5 Å². The number of esters is 1. The molecule has 0 heterocycles. The molecule has 0 spiro atoms. The molecule has 37 heavy (non-hydrogen) atoms. The van der Waals surface area contributed by atoms with Crippen LogP contribution in [0.15, 0.2) is 77.7 Å². The van der Waals surface area contributed by atoms with Gasteiger partial charge in [0.05, 0.1) is 24.4 Å². The molecule has 0 bridgehead atoms. The highest BCUT2D eigenvalue weighted by atomic mass is 35.5. The third-order valence-electron chi connectivity index (χ3n) is 5.32. The van der Waals surface area contributed by atoms with E-state index in [0.29, 0.717) is 34.9 Å². The molecule has 1 N–H and O–H groups in total. The highest BCUT2D eigenvalue weighted by molar-refractivity contribution is 7.91. The fourth-order valence-corrected chi connectivity index (χ4v) is 4.85. The van der Waals surface area contributed by atoms with Crippen molar-refractivity contribution in [2.45, 2.75) is 30.9 Å². The zero-order valence-corrected chi connectivity index (χ0v) is 22.1. The van der Waals surface area contributed by atoms with Gasteiger partial charge >= 0.3 is 5.97 Å². The summed E-state index contributed by atoms with van der Waals surface area (Å²) in [6.45, 7) is 1.77. The Morgan fingerprint density at radius 3 is 2.32 bits per heavy atom. The number of ether oxygens (including phenoxy) is 3. The van der Waals surface area contributed by atoms with E-state index < -0.39 is 27.9 Å². The molecule has 0 aliphatic heterocycles. The maximum Gasteiger partial charge on any atom is 0.369 e. The second-order valence-corrected chi connectivity index (χ2v) is 10.5. The summed E-state index contributed by atoms with van der Waals surface area (Å²) in [5, 5.41) is 3.01. The molecular formula is C27H28ClNO7S. The number of sulfone groups is 1. The number of carbonyl (C=O) groups is 2. The van der Waals surface area contributed by atoms with E-state index >= 15 is 0 Å². The lowest BCUT2D eigenvalue weighted by molar-refractivity contribution is -0.152. The van der Waals surface area contributed by atoms with Crippen LogP contribution in [0.2, 0.25) is 5.02 Å². The Labute approximate surface area is 221 Å². The Bertz CT molecular complexity index is 1310. The number of methoxy groups -OCH3 is 1. The van der Waals surface area contributed by atoms with Crippen molar-refractivity contribution in [1.29, 1.82) is 0 Å². The zero-order chi connectivity index (χ0) is 26.8. The van der Waals surface area contributed by atoms with Crippen LogP contribution in [0.3, 0.4) is 0 Å². The van der Waals surface area contributed by atoms with Gasteiger partial charge in [0.15, 0.2) is 9.84 Å². The summed E-state index contributed by atoms with van der Waals surface area (Å²) in [5.74, 6) is -0.446. The van der Waals surface area contributed by atoms with Crippen molar-refractivity contribution in [2.75, 3.05) is 19.5 Å². The lowest BCUT2D eigenvalue weighted by atomic mass is 10.1. The Hall–Kier alpha value is -3.56. The van der Waals surface area contributed by atoms with Gasteiger partial charge in [-0.25, -0.2) is 13.2 Å². The minimum Gasteiger partial charge on any atom is -0.497 e. The lowest BCUT2D eigenvalue weighted by Crippen LogP contribution is -2.46. The van der Waals surface area contributed by atoms with Crippen LogP contribution in [0, 0.1) is 0 Å². The molecule has 0 aliphatic carbocycles. The molecule has 0 saturated carbocycles. The predicted molar refractivity (Wildman–Crippen MR) is 140 cm³/mol. The first kappa shape index (κ1) is 28.0. The van der Waals surface area contributed by atoms with Gasteiger partial charge in [-0.3, -0.25) is 4.79 Å². The fraction of sp³-hybridized carbons (Fsp3) is 0.259. The Balaban J connectivity index is 1.60. The average molecular weight is 546 g/mol. The number of halogens is 1. The van der Waals surface area contributed by atoms with Crippen LogP contribution in [0.25, 0.3) is 0 Å². The van der Waals surface area contributed by atoms with Gasteiger partial charge in [-0.15, -0.1) is 0 Å². The van der Waals surface area contributed by atoms with Crippen LogP contribution in [0.5, 0.6) is 11.5 Å². The quantitative estimate of drug-likeness (QED) is 0.264. The first-order valence-electron chi connectivity index (χ1n) is 11.6. The molecule has 8 nitrogen and oxygen atoms in total. The molecule has 0 saturated heterocycles. The van der Waals surface area contributed by atoms with Gasteiger partial charge in [0.2, 0.25) is 0 Å². The van der Waals surface area contributed by atoms with Crippen molar-refractivity contribution in [3.05, 3.63) is 88.9 Å². The summed E-state index contributed by atoms with van der Waals surface area (Å²) in [5.41, 5.74) is 1.19. The van der Waals surface area contributed by atoms with E-state index in [1.807, 2.05) is 0 Å². The molecule has 0 radical (unpaired) electrons. The van der Waals surface area contributed by atoms with Crippen LogP contribution in [0.1, 0.15) is 29.3 Å². The van der Waals surface area contributed by atoms with Crippen LogP contribution in [-0.4, -0.2) is 46.0 Å². The smallest absolute Gasteiger partial charge is 0.369 e. The summed E-state index contributed by atoms with van der Waals surface area (Å²) in [4.78, 5) is 25.3. The molecule has 10 heteroatoms. The number of nitrogens with one attached hydrogen (secondary N) is 1. The first-order chi connectivity index (χ1) is 17.7. The van der Waals surface area contributed by atoms with E-state index in [1.54, 1.807) is 67.6 Å². The third kappa shape index (κ3) is 8.23. The predicted octanol–water partition coefficient (Wildman–Crippen LogP) is 4.45. The van der Waals surface area contributed by atoms with Gasteiger partial charge in [0.25, 0.3) is 12.1 Å². The van der Waals surface area contributed by atoms with Gasteiger partial charge in [-0.2, -0.15) is 0 Å². The topological polar surface area (TPSA) is 108 Å². The Morgan fingerprint density at radius 2 is 1.68 bits per heavy atom. The van der Waals surface area contributed by atoms with E-state index in [1.165, 1.54) is 19.2 Å². The van der Waals surface area contributed by atoms with Crippen LogP contribution in [0.4, 0.5) is 0 Å². The number of aryl methyl sites for hydroxylation is 1. The number of amides is 1. The molecule has 3 aromatic rings. The van der Waals surface area contributed by atoms with Crippen LogP contribution >= 0.6 is 11.6 Å². The minimum atomic E-state index is -3.41. The molecule has 1 unspecified atom stereocenters. The van der Waals surface area contributed by atoms with Gasteiger partial charge in [0, 0.05) is 10.6 Å². The summed E-state index contributed by atoms with van der Waals surface area (Å²) in [6, 6.07) is 19.4. The number of rotatable bonds is 12. The van der Waals surface area contributed by atoms with Gasteiger partial charge < -0.3 is 19.5 Å².